The first-order chi connectivity index (χ1) is 19.4. The highest BCUT2D eigenvalue weighted by Gasteiger charge is 2.38. The topological polar surface area (TPSA) is 92.7 Å². The Morgan fingerprint density at radius 2 is 1.02 bits per heavy atom. The van der Waals surface area contributed by atoms with Crippen LogP contribution in [0.1, 0.15) is 175 Å². The van der Waals surface area contributed by atoms with Crippen molar-refractivity contribution in [3.8, 4) is 0 Å². The van der Waals surface area contributed by atoms with E-state index in [-0.39, 0.29) is 11.9 Å². The number of amides is 1. The first kappa shape index (κ1) is 38.4. The molecule has 236 valence electrons. The second kappa shape index (κ2) is 27.6. The minimum atomic E-state index is -1.09. The Balaban J connectivity index is 4.08. The largest absolute Gasteiger partial charge is 0.481 e. The van der Waals surface area contributed by atoms with E-state index < -0.39 is 23.9 Å². The van der Waals surface area contributed by atoms with Gasteiger partial charge in [0.2, 0.25) is 5.91 Å². The quantitative estimate of drug-likeness (QED) is 0.0693. The molecule has 0 saturated carbocycles. The van der Waals surface area contributed by atoms with Crippen molar-refractivity contribution in [2.24, 2.45) is 11.8 Å². The van der Waals surface area contributed by atoms with Crippen LogP contribution in [0.25, 0.3) is 0 Å². The molecule has 0 fully saturated rings. The number of rotatable bonds is 29. The fourth-order valence-corrected chi connectivity index (χ4v) is 5.41. The highest BCUT2D eigenvalue weighted by atomic mass is 16.5. The lowest BCUT2D eigenvalue weighted by atomic mass is 9.86. The molecule has 3 unspecified atom stereocenters. The van der Waals surface area contributed by atoms with Crippen molar-refractivity contribution in [3.05, 3.63) is 0 Å². The fraction of sp³-hybridized carbons (Fsp3) is 0.912. The molecule has 0 aromatic carbocycles. The lowest BCUT2D eigenvalue weighted by Crippen LogP contribution is -2.43. The van der Waals surface area contributed by atoms with Gasteiger partial charge in [-0.3, -0.25) is 14.4 Å². The molecule has 0 aliphatic carbocycles. The molecule has 40 heavy (non-hydrogen) atoms. The van der Waals surface area contributed by atoms with E-state index in [0.717, 1.165) is 38.5 Å². The first-order valence-electron chi connectivity index (χ1n) is 17.1. The molecule has 6 heteroatoms. The molecule has 0 rings (SSSR count). The molecule has 0 bridgehead atoms. The molecule has 0 radical (unpaired) electrons. The number of aliphatic carboxylic acids is 1. The minimum Gasteiger partial charge on any atom is -0.481 e. The van der Waals surface area contributed by atoms with Crippen LogP contribution in [-0.2, 0) is 19.1 Å². The van der Waals surface area contributed by atoms with Gasteiger partial charge in [-0.05, 0) is 19.3 Å². The number of hydrogen-bond acceptors (Lipinski definition) is 4. The van der Waals surface area contributed by atoms with Crippen LogP contribution in [0.4, 0.5) is 0 Å². The summed E-state index contributed by atoms with van der Waals surface area (Å²) in [6.07, 6.45) is 25.6. The maximum atomic E-state index is 12.6. The summed E-state index contributed by atoms with van der Waals surface area (Å²) in [4.78, 5) is 37.2. The summed E-state index contributed by atoms with van der Waals surface area (Å²) in [5, 5.41) is 12.7. The van der Waals surface area contributed by atoms with Crippen LogP contribution < -0.4 is 5.32 Å². The molecule has 0 aliphatic heterocycles. The van der Waals surface area contributed by atoms with E-state index in [2.05, 4.69) is 19.2 Å². The summed E-state index contributed by atoms with van der Waals surface area (Å²) in [5.41, 5.74) is 0. The minimum absolute atomic E-state index is 0.280. The van der Waals surface area contributed by atoms with Crippen molar-refractivity contribution < 1.29 is 24.2 Å². The van der Waals surface area contributed by atoms with Crippen molar-refractivity contribution in [3.63, 3.8) is 0 Å². The van der Waals surface area contributed by atoms with E-state index >= 15 is 0 Å². The number of ether oxygens (including phenoxy) is 1. The van der Waals surface area contributed by atoms with E-state index in [4.69, 9.17) is 4.74 Å². The highest BCUT2D eigenvalue weighted by Crippen LogP contribution is 2.23. The highest BCUT2D eigenvalue weighted by molar-refractivity contribution is 5.85. The van der Waals surface area contributed by atoms with E-state index in [9.17, 15) is 19.5 Å². The Labute approximate surface area is 247 Å². The van der Waals surface area contributed by atoms with Crippen LogP contribution in [0.15, 0.2) is 0 Å². The van der Waals surface area contributed by atoms with E-state index in [1.165, 1.54) is 96.3 Å². The normalized spacial score (nSPS) is 13.5. The molecular formula is C34H65NO5. The molecule has 0 aliphatic rings. The van der Waals surface area contributed by atoms with Gasteiger partial charge in [0.25, 0.3) is 0 Å². The number of hydrogen-bond donors (Lipinski definition) is 2. The van der Waals surface area contributed by atoms with Gasteiger partial charge in [-0.15, -0.1) is 0 Å². The van der Waals surface area contributed by atoms with Gasteiger partial charge in [-0.2, -0.15) is 0 Å². The van der Waals surface area contributed by atoms with Gasteiger partial charge in [-0.25, -0.2) is 0 Å². The Morgan fingerprint density at radius 3 is 1.43 bits per heavy atom. The Morgan fingerprint density at radius 1 is 0.625 bits per heavy atom. The zero-order valence-corrected chi connectivity index (χ0v) is 26.8. The van der Waals surface area contributed by atoms with E-state index in [1.807, 2.05) is 6.92 Å². The van der Waals surface area contributed by atoms with Crippen molar-refractivity contribution in [1.29, 1.82) is 0 Å². The van der Waals surface area contributed by atoms with Gasteiger partial charge in [0.05, 0.1) is 5.92 Å². The van der Waals surface area contributed by atoms with E-state index in [0.29, 0.717) is 19.4 Å². The average molecular weight is 568 g/mol. The summed E-state index contributed by atoms with van der Waals surface area (Å²) in [6, 6.07) is 0. The van der Waals surface area contributed by atoms with E-state index in [1.54, 1.807) is 6.92 Å². The van der Waals surface area contributed by atoms with Crippen LogP contribution in [0.5, 0.6) is 0 Å². The molecule has 0 aromatic rings. The van der Waals surface area contributed by atoms with Crippen molar-refractivity contribution in [1.82, 2.24) is 5.32 Å². The van der Waals surface area contributed by atoms with Gasteiger partial charge in [0.1, 0.15) is 12.0 Å². The van der Waals surface area contributed by atoms with Gasteiger partial charge in [-0.1, -0.05) is 150 Å². The second-order valence-electron chi connectivity index (χ2n) is 11.8. The number of unbranched alkanes of at least 4 members (excludes halogenated alkanes) is 19. The van der Waals surface area contributed by atoms with Crippen LogP contribution in [-0.4, -0.2) is 35.6 Å². The number of carbonyl (C=O) groups excluding carboxylic acids is 2. The van der Waals surface area contributed by atoms with Crippen LogP contribution in [0.3, 0.4) is 0 Å². The average Bonchev–Trinajstić information content (AvgIpc) is 2.93. The zero-order chi connectivity index (χ0) is 29.8. The van der Waals surface area contributed by atoms with Crippen molar-refractivity contribution in [2.45, 2.75) is 181 Å². The van der Waals surface area contributed by atoms with Crippen LogP contribution in [0.2, 0.25) is 0 Å². The summed E-state index contributed by atoms with van der Waals surface area (Å²) in [6.45, 7) is 8.43. The van der Waals surface area contributed by atoms with Crippen molar-refractivity contribution >= 4 is 17.8 Å². The molecule has 3 atom stereocenters. The van der Waals surface area contributed by atoms with Crippen LogP contribution in [0, 0.1) is 11.8 Å². The summed E-state index contributed by atoms with van der Waals surface area (Å²) >= 11 is 0. The zero-order valence-electron chi connectivity index (χ0n) is 26.8. The molecule has 6 nitrogen and oxygen atoms in total. The van der Waals surface area contributed by atoms with Gasteiger partial charge >= 0.3 is 11.9 Å². The maximum absolute atomic E-state index is 12.6. The van der Waals surface area contributed by atoms with Gasteiger partial charge in [0, 0.05) is 13.0 Å². The van der Waals surface area contributed by atoms with Gasteiger partial charge < -0.3 is 15.2 Å². The molecule has 0 aromatic heterocycles. The monoisotopic (exact) mass is 567 g/mol. The fourth-order valence-electron chi connectivity index (χ4n) is 5.41. The predicted molar refractivity (Wildman–Crippen MR) is 166 cm³/mol. The third-order valence-electron chi connectivity index (χ3n) is 8.14. The summed E-state index contributed by atoms with van der Waals surface area (Å²) in [5.74, 6) is -3.53. The number of carboxylic acids is 1. The summed E-state index contributed by atoms with van der Waals surface area (Å²) in [7, 11) is 0. The Hall–Kier alpha value is -1.59. The molecule has 2 N–H and O–H groups in total. The molecule has 0 spiro atoms. The van der Waals surface area contributed by atoms with Gasteiger partial charge in [0.15, 0.2) is 0 Å². The SMILES string of the molecule is CCCCCCCCCCCCCCCCCC(=O)OC(CC)C(C(=O)O)C(C)C(=O)NCCCCCCCC. The molecule has 0 heterocycles. The lowest BCUT2D eigenvalue weighted by molar-refractivity contribution is -0.163. The lowest BCUT2D eigenvalue weighted by Gasteiger charge is -2.27. The number of carboxylic acid groups (broad SMARTS) is 1. The number of carbonyl (C=O) groups is 3. The first-order valence-corrected chi connectivity index (χ1v) is 17.1. The number of nitrogens with one attached hydrogen (secondary N) is 1. The summed E-state index contributed by atoms with van der Waals surface area (Å²) < 4.78 is 5.59. The predicted octanol–water partition coefficient (Wildman–Crippen LogP) is 9.38. The third kappa shape index (κ3) is 21.2. The van der Waals surface area contributed by atoms with Crippen molar-refractivity contribution in [2.75, 3.05) is 6.54 Å². The second-order valence-corrected chi connectivity index (χ2v) is 11.8. The third-order valence-corrected chi connectivity index (χ3v) is 8.14. The number of esters is 1. The Bertz CT molecular complexity index is 623. The van der Waals surface area contributed by atoms with Crippen LogP contribution >= 0.6 is 0 Å². The maximum Gasteiger partial charge on any atom is 0.311 e. The molecule has 1 amide bonds. The molecular weight excluding hydrogens is 502 g/mol. The Kier molecular flexibility index (Phi) is 26.5. The standard InChI is InChI=1S/C34H65NO5/c1-5-8-10-12-14-15-16-17-18-19-20-21-22-23-25-27-31(36)40-30(7-3)32(34(38)39)29(4)33(37)35-28-26-24-13-11-9-6-2/h29-30,32H,5-28H2,1-4H3,(H,35,37)(H,38,39). The molecule has 0 saturated heterocycles. The smallest absolute Gasteiger partial charge is 0.311 e.